The maximum atomic E-state index is 12.7. The molecule has 0 unspecified atom stereocenters. The summed E-state index contributed by atoms with van der Waals surface area (Å²) in [5.74, 6) is -0.882. The lowest BCUT2D eigenvalue weighted by atomic mass is 10.0. The van der Waals surface area contributed by atoms with Crippen molar-refractivity contribution in [3.8, 4) is 0 Å². The van der Waals surface area contributed by atoms with E-state index >= 15 is 0 Å². The van der Waals surface area contributed by atoms with Gasteiger partial charge in [0.05, 0.1) is 0 Å². The highest BCUT2D eigenvalue weighted by Crippen LogP contribution is 2.15. The molecule has 0 heterocycles. The molecule has 0 aromatic carbocycles. The van der Waals surface area contributed by atoms with Crippen LogP contribution in [0.5, 0.6) is 0 Å². The van der Waals surface area contributed by atoms with Gasteiger partial charge in [0.1, 0.15) is 13.2 Å². The number of allylic oxidation sites excluding steroid dienone is 4. The van der Waals surface area contributed by atoms with E-state index in [4.69, 9.17) is 14.2 Å². The van der Waals surface area contributed by atoms with Crippen LogP contribution in [0.4, 0.5) is 0 Å². The first-order chi connectivity index (χ1) is 28.5. The highest BCUT2D eigenvalue weighted by atomic mass is 16.6. The van der Waals surface area contributed by atoms with Crippen molar-refractivity contribution in [2.45, 2.75) is 277 Å². The second kappa shape index (κ2) is 47.6. The van der Waals surface area contributed by atoms with Crippen molar-refractivity contribution in [2.75, 3.05) is 13.2 Å². The molecule has 0 aliphatic heterocycles. The van der Waals surface area contributed by atoms with E-state index in [9.17, 15) is 14.4 Å². The van der Waals surface area contributed by atoms with Crippen LogP contribution in [0, 0.1) is 0 Å². The number of unbranched alkanes of at least 4 members (excludes halogenated alkanes) is 31. The van der Waals surface area contributed by atoms with E-state index in [1.165, 1.54) is 161 Å². The van der Waals surface area contributed by atoms with Crippen molar-refractivity contribution in [1.82, 2.24) is 0 Å². The van der Waals surface area contributed by atoms with Crippen LogP contribution in [0.15, 0.2) is 24.3 Å². The van der Waals surface area contributed by atoms with E-state index in [1.807, 2.05) is 0 Å². The van der Waals surface area contributed by atoms with Crippen molar-refractivity contribution in [3.05, 3.63) is 24.3 Å². The maximum Gasteiger partial charge on any atom is 0.306 e. The summed E-state index contributed by atoms with van der Waals surface area (Å²) in [7, 11) is 0. The third-order valence-electron chi connectivity index (χ3n) is 11.2. The van der Waals surface area contributed by atoms with Gasteiger partial charge in [-0.2, -0.15) is 0 Å². The molecule has 0 amide bonds. The van der Waals surface area contributed by atoms with E-state index in [0.717, 1.165) is 70.6 Å². The van der Waals surface area contributed by atoms with Gasteiger partial charge < -0.3 is 14.2 Å². The average Bonchev–Trinajstić information content (AvgIpc) is 3.22. The Balaban J connectivity index is 4.35. The molecule has 0 aromatic heterocycles. The van der Waals surface area contributed by atoms with Gasteiger partial charge in [-0.25, -0.2) is 0 Å². The number of carbonyl (C=O) groups excluding carboxylic acids is 3. The van der Waals surface area contributed by atoms with E-state index in [-0.39, 0.29) is 31.1 Å². The fourth-order valence-electron chi connectivity index (χ4n) is 7.31. The minimum Gasteiger partial charge on any atom is -0.462 e. The van der Waals surface area contributed by atoms with Crippen molar-refractivity contribution in [3.63, 3.8) is 0 Å². The van der Waals surface area contributed by atoms with Gasteiger partial charge in [0.15, 0.2) is 6.10 Å². The van der Waals surface area contributed by atoms with E-state index in [0.29, 0.717) is 19.3 Å². The Morgan fingerprint density at radius 1 is 0.328 bits per heavy atom. The molecule has 0 saturated heterocycles. The molecule has 0 rings (SSSR count). The summed E-state index contributed by atoms with van der Waals surface area (Å²) in [6, 6.07) is 0. The van der Waals surface area contributed by atoms with Crippen molar-refractivity contribution in [2.24, 2.45) is 0 Å². The molecule has 0 aliphatic rings. The minimum atomic E-state index is -0.773. The zero-order valence-corrected chi connectivity index (χ0v) is 38.8. The van der Waals surface area contributed by atoms with Gasteiger partial charge in [-0.1, -0.05) is 206 Å². The van der Waals surface area contributed by atoms with Crippen molar-refractivity contribution in [1.29, 1.82) is 0 Å². The third kappa shape index (κ3) is 45.0. The van der Waals surface area contributed by atoms with Gasteiger partial charge in [0.2, 0.25) is 0 Å². The monoisotopic (exact) mass is 817 g/mol. The minimum absolute atomic E-state index is 0.0738. The lowest BCUT2D eigenvalue weighted by Gasteiger charge is -2.18. The Morgan fingerprint density at radius 3 is 0.897 bits per heavy atom. The first-order valence-corrected chi connectivity index (χ1v) is 25.3. The summed E-state index contributed by atoms with van der Waals surface area (Å²) in [6.07, 6.45) is 53.0. The number of esters is 3. The fourth-order valence-corrected chi connectivity index (χ4v) is 7.31. The molecule has 0 aromatic rings. The molecule has 6 heteroatoms. The molecule has 0 N–H and O–H groups in total. The SMILES string of the molecule is CCCCC/C=C\CCCCCCCC(=O)O[C@@H](COC(=O)CCCCCCC/C=C\CCCCCCCCC)COC(=O)CCCCCCCCCCCCCC. The summed E-state index contributed by atoms with van der Waals surface area (Å²) in [4.78, 5) is 37.9. The van der Waals surface area contributed by atoms with Gasteiger partial charge >= 0.3 is 17.9 Å². The first kappa shape index (κ1) is 55.9. The summed E-state index contributed by atoms with van der Waals surface area (Å²) in [6.45, 7) is 6.61. The standard InChI is InChI=1S/C52H96O6/c1-4-7-10-13-16-19-22-25-26-27-28-31-33-36-39-42-45-51(54)57-48-49(58-52(55)46-43-40-37-34-30-24-21-18-15-12-9-6-3)47-56-50(53)44-41-38-35-32-29-23-20-17-14-11-8-5-2/h18,21,26-27,49H,4-17,19-20,22-25,28-48H2,1-3H3/b21-18-,27-26-/t49-/m1/s1. The Kier molecular flexibility index (Phi) is 45.8. The predicted octanol–water partition coefficient (Wildman–Crippen LogP) is 16.4. The molecular weight excluding hydrogens is 721 g/mol. The molecule has 340 valence electrons. The van der Waals surface area contributed by atoms with Crippen LogP contribution in [0.2, 0.25) is 0 Å². The molecule has 0 saturated carbocycles. The van der Waals surface area contributed by atoms with E-state index in [2.05, 4.69) is 45.1 Å². The van der Waals surface area contributed by atoms with Gasteiger partial charge in [-0.15, -0.1) is 0 Å². The van der Waals surface area contributed by atoms with Crippen LogP contribution in [-0.2, 0) is 28.6 Å². The van der Waals surface area contributed by atoms with Crippen LogP contribution >= 0.6 is 0 Å². The van der Waals surface area contributed by atoms with E-state index < -0.39 is 6.10 Å². The van der Waals surface area contributed by atoms with Crippen molar-refractivity contribution < 1.29 is 28.6 Å². The Bertz CT molecular complexity index is 942. The molecule has 0 spiro atoms. The van der Waals surface area contributed by atoms with Crippen LogP contribution in [0.3, 0.4) is 0 Å². The zero-order valence-electron chi connectivity index (χ0n) is 38.8. The topological polar surface area (TPSA) is 78.9 Å². The third-order valence-corrected chi connectivity index (χ3v) is 11.2. The number of ether oxygens (including phenoxy) is 3. The summed E-state index contributed by atoms with van der Waals surface area (Å²) in [5, 5.41) is 0. The molecule has 0 radical (unpaired) electrons. The molecular formula is C52H96O6. The lowest BCUT2D eigenvalue weighted by Crippen LogP contribution is -2.30. The van der Waals surface area contributed by atoms with Crippen LogP contribution in [0.1, 0.15) is 271 Å². The summed E-state index contributed by atoms with van der Waals surface area (Å²) >= 11 is 0. The summed E-state index contributed by atoms with van der Waals surface area (Å²) < 4.78 is 16.8. The fraction of sp³-hybridized carbons (Fsp3) is 0.865. The number of carbonyl (C=O) groups is 3. The van der Waals surface area contributed by atoms with E-state index in [1.54, 1.807) is 0 Å². The molecule has 0 bridgehead atoms. The van der Waals surface area contributed by atoms with Crippen LogP contribution < -0.4 is 0 Å². The zero-order chi connectivity index (χ0) is 42.3. The second-order valence-electron chi connectivity index (χ2n) is 17.1. The first-order valence-electron chi connectivity index (χ1n) is 25.3. The normalized spacial score (nSPS) is 12.1. The van der Waals surface area contributed by atoms with Crippen LogP contribution in [0.25, 0.3) is 0 Å². The van der Waals surface area contributed by atoms with Crippen molar-refractivity contribution >= 4 is 17.9 Å². The smallest absolute Gasteiger partial charge is 0.306 e. The number of hydrogen-bond donors (Lipinski definition) is 0. The number of rotatable bonds is 46. The van der Waals surface area contributed by atoms with Gasteiger partial charge in [-0.3, -0.25) is 14.4 Å². The molecule has 1 atom stereocenters. The molecule has 6 nitrogen and oxygen atoms in total. The molecule has 0 fully saturated rings. The van der Waals surface area contributed by atoms with Gasteiger partial charge in [0.25, 0.3) is 0 Å². The highest BCUT2D eigenvalue weighted by molar-refractivity contribution is 5.71. The Labute approximate surface area is 360 Å². The lowest BCUT2D eigenvalue weighted by molar-refractivity contribution is -0.167. The Morgan fingerprint density at radius 2 is 0.569 bits per heavy atom. The largest absolute Gasteiger partial charge is 0.462 e. The highest BCUT2D eigenvalue weighted by Gasteiger charge is 2.19. The summed E-state index contributed by atoms with van der Waals surface area (Å²) in [5.41, 5.74) is 0. The maximum absolute atomic E-state index is 12.7. The number of hydrogen-bond acceptors (Lipinski definition) is 6. The predicted molar refractivity (Wildman–Crippen MR) is 247 cm³/mol. The molecule has 58 heavy (non-hydrogen) atoms. The van der Waals surface area contributed by atoms with Crippen LogP contribution in [-0.4, -0.2) is 37.2 Å². The molecule has 0 aliphatic carbocycles. The quantitative estimate of drug-likeness (QED) is 0.0263. The average molecular weight is 817 g/mol. The van der Waals surface area contributed by atoms with Gasteiger partial charge in [0, 0.05) is 19.3 Å². The second-order valence-corrected chi connectivity index (χ2v) is 17.1. The Hall–Kier alpha value is -2.11. The van der Waals surface area contributed by atoms with Gasteiger partial charge in [-0.05, 0) is 70.6 Å².